The van der Waals surface area contributed by atoms with Gasteiger partial charge in [0.2, 0.25) is 0 Å². The Morgan fingerprint density at radius 1 is 0.833 bits per heavy atom. The fraction of sp³-hybridized carbons (Fsp3) is 0.185. The number of halogens is 1. The van der Waals surface area contributed by atoms with Crippen LogP contribution in [0.1, 0.15) is 43.2 Å². The summed E-state index contributed by atoms with van der Waals surface area (Å²) in [4.78, 5) is 3.49. The van der Waals surface area contributed by atoms with Crippen molar-refractivity contribution in [2.75, 3.05) is 0 Å². The van der Waals surface area contributed by atoms with Crippen LogP contribution in [0.15, 0.2) is 83.3 Å². The molecule has 3 heteroatoms. The second kappa shape index (κ2) is 7.80. The Bertz CT molecular complexity index is 1200. The van der Waals surface area contributed by atoms with Gasteiger partial charge in [0, 0.05) is 20.8 Å². The number of aliphatic hydroxyl groups is 1. The van der Waals surface area contributed by atoms with Gasteiger partial charge in [-0.15, -0.1) is 0 Å². The highest BCUT2D eigenvalue weighted by molar-refractivity contribution is 9.10. The van der Waals surface area contributed by atoms with E-state index in [9.17, 15) is 5.11 Å². The zero-order valence-electron chi connectivity index (χ0n) is 17.3. The van der Waals surface area contributed by atoms with E-state index >= 15 is 0 Å². The van der Waals surface area contributed by atoms with Crippen LogP contribution in [-0.4, -0.2) is 10.1 Å². The predicted octanol–water partition coefficient (Wildman–Crippen LogP) is 6.61. The third-order valence-electron chi connectivity index (χ3n) is 5.07. The van der Waals surface area contributed by atoms with Gasteiger partial charge in [-0.3, -0.25) is 0 Å². The number of H-pyrrole nitrogens is 1. The Balaban J connectivity index is 2.09. The number of aromatic amines is 1. The van der Waals surface area contributed by atoms with Crippen LogP contribution >= 0.6 is 15.9 Å². The van der Waals surface area contributed by atoms with Gasteiger partial charge in [0.15, 0.2) is 5.60 Å². The molecule has 0 amide bonds. The molecule has 3 aromatic carbocycles. The molecule has 2 N–H and O–H groups in total. The van der Waals surface area contributed by atoms with E-state index < -0.39 is 5.60 Å². The van der Waals surface area contributed by atoms with Crippen LogP contribution < -0.4 is 0 Å². The molecule has 0 bridgehead atoms. The van der Waals surface area contributed by atoms with Crippen molar-refractivity contribution in [2.24, 2.45) is 5.41 Å². The van der Waals surface area contributed by atoms with Crippen molar-refractivity contribution in [3.05, 3.63) is 106 Å². The molecule has 0 fully saturated rings. The maximum absolute atomic E-state index is 12.3. The first-order valence-corrected chi connectivity index (χ1v) is 10.8. The molecule has 0 aliphatic heterocycles. The highest BCUT2D eigenvalue weighted by atomic mass is 79.9. The van der Waals surface area contributed by atoms with Crippen LogP contribution in [0, 0.1) is 17.3 Å². The SMILES string of the molecule is CC(C)(C)C#Cc1c(C(O)(c2ccccc2)c2ccccc2)[nH]c2ccc(Br)cc12. The lowest BCUT2D eigenvalue weighted by Gasteiger charge is -2.29. The van der Waals surface area contributed by atoms with Gasteiger partial charge in [-0.25, -0.2) is 0 Å². The zero-order chi connectivity index (χ0) is 21.4. The summed E-state index contributed by atoms with van der Waals surface area (Å²) in [5.41, 5.74) is 2.50. The largest absolute Gasteiger partial charge is 0.374 e. The van der Waals surface area contributed by atoms with Crippen molar-refractivity contribution >= 4 is 26.8 Å². The van der Waals surface area contributed by atoms with Gasteiger partial charge in [-0.1, -0.05) is 88.4 Å². The molecule has 0 aliphatic carbocycles. The summed E-state index contributed by atoms with van der Waals surface area (Å²) < 4.78 is 0.974. The summed E-state index contributed by atoms with van der Waals surface area (Å²) in [5.74, 6) is 6.74. The van der Waals surface area contributed by atoms with E-state index in [1.165, 1.54) is 0 Å². The molecular formula is C27H24BrNO. The van der Waals surface area contributed by atoms with Crippen LogP contribution in [0.4, 0.5) is 0 Å². The molecule has 2 nitrogen and oxygen atoms in total. The molecule has 30 heavy (non-hydrogen) atoms. The van der Waals surface area contributed by atoms with Crippen molar-refractivity contribution in [3.63, 3.8) is 0 Å². The highest BCUT2D eigenvalue weighted by Crippen LogP contribution is 2.40. The number of fused-ring (bicyclic) bond motifs is 1. The smallest absolute Gasteiger partial charge is 0.156 e. The topological polar surface area (TPSA) is 36.0 Å². The summed E-state index contributed by atoms with van der Waals surface area (Å²) >= 11 is 3.58. The lowest BCUT2D eigenvalue weighted by atomic mass is 9.81. The third kappa shape index (κ3) is 3.81. The molecule has 4 rings (SSSR count). The van der Waals surface area contributed by atoms with Crippen LogP contribution in [0.2, 0.25) is 0 Å². The Labute approximate surface area is 186 Å². The van der Waals surface area contributed by atoms with E-state index in [2.05, 4.69) is 59.6 Å². The molecule has 0 aliphatic rings. The first-order valence-electron chi connectivity index (χ1n) is 9.97. The summed E-state index contributed by atoms with van der Waals surface area (Å²) in [7, 11) is 0. The summed E-state index contributed by atoms with van der Waals surface area (Å²) in [6.45, 7) is 6.26. The van der Waals surface area contributed by atoms with Crippen LogP contribution in [0.3, 0.4) is 0 Å². The average molecular weight is 458 g/mol. The number of benzene rings is 3. The van der Waals surface area contributed by atoms with Crippen molar-refractivity contribution in [1.29, 1.82) is 0 Å². The molecule has 150 valence electrons. The molecule has 0 saturated carbocycles. The van der Waals surface area contributed by atoms with E-state index in [1.807, 2.05) is 72.8 Å². The van der Waals surface area contributed by atoms with Gasteiger partial charge in [0.25, 0.3) is 0 Å². The van der Waals surface area contributed by atoms with Crippen LogP contribution in [0.5, 0.6) is 0 Å². The minimum absolute atomic E-state index is 0.162. The summed E-state index contributed by atoms with van der Waals surface area (Å²) in [5, 5.41) is 13.3. The Morgan fingerprint density at radius 3 is 1.93 bits per heavy atom. The van der Waals surface area contributed by atoms with Crippen molar-refractivity contribution in [2.45, 2.75) is 26.4 Å². The van der Waals surface area contributed by atoms with Crippen molar-refractivity contribution < 1.29 is 5.11 Å². The molecule has 1 heterocycles. The average Bonchev–Trinajstić information content (AvgIpc) is 3.10. The summed E-state index contributed by atoms with van der Waals surface area (Å²) in [6.07, 6.45) is 0. The van der Waals surface area contributed by atoms with E-state index in [-0.39, 0.29) is 5.41 Å². The highest BCUT2D eigenvalue weighted by Gasteiger charge is 2.37. The first kappa shape index (κ1) is 20.5. The van der Waals surface area contributed by atoms with Crippen LogP contribution in [-0.2, 0) is 5.60 Å². The van der Waals surface area contributed by atoms with Gasteiger partial charge in [0.05, 0.1) is 11.3 Å². The van der Waals surface area contributed by atoms with Crippen molar-refractivity contribution in [1.82, 2.24) is 4.98 Å². The van der Waals surface area contributed by atoms with Gasteiger partial charge in [-0.2, -0.15) is 0 Å². The Kier molecular flexibility index (Phi) is 5.32. The van der Waals surface area contributed by atoms with E-state index in [4.69, 9.17) is 0 Å². The first-order chi connectivity index (χ1) is 14.3. The monoisotopic (exact) mass is 457 g/mol. The number of nitrogens with one attached hydrogen (secondary N) is 1. The number of hydrogen-bond donors (Lipinski definition) is 2. The third-order valence-corrected chi connectivity index (χ3v) is 5.56. The quantitative estimate of drug-likeness (QED) is 0.333. The van der Waals surface area contributed by atoms with Crippen molar-refractivity contribution in [3.8, 4) is 11.8 Å². The molecule has 1 aromatic heterocycles. The normalized spacial score (nSPS) is 11.9. The zero-order valence-corrected chi connectivity index (χ0v) is 18.9. The summed E-state index contributed by atoms with van der Waals surface area (Å²) in [6, 6.07) is 25.6. The van der Waals surface area contributed by atoms with Crippen LogP contribution in [0.25, 0.3) is 10.9 Å². The fourth-order valence-electron chi connectivity index (χ4n) is 3.63. The minimum Gasteiger partial charge on any atom is -0.374 e. The van der Waals surface area contributed by atoms with Gasteiger partial charge >= 0.3 is 0 Å². The minimum atomic E-state index is -1.37. The number of hydrogen-bond acceptors (Lipinski definition) is 1. The van der Waals surface area contributed by atoms with Gasteiger partial charge < -0.3 is 10.1 Å². The molecule has 0 unspecified atom stereocenters. The molecule has 0 spiro atoms. The van der Waals surface area contributed by atoms with Gasteiger partial charge in [-0.05, 0) is 50.1 Å². The maximum Gasteiger partial charge on any atom is 0.156 e. The Morgan fingerprint density at radius 2 is 1.40 bits per heavy atom. The van der Waals surface area contributed by atoms with E-state index in [0.29, 0.717) is 5.69 Å². The lowest BCUT2D eigenvalue weighted by Crippen LogP contribution is -2.30. The molecule has 0 atom stereocenters. The standard InChI is InChI=1S/C27H24BrNO/c1-26(2,3)17-16-22-23-18-21(28)14-15-24(23)29-25(22)27(30,19-10-6-4-7-11-19)20-12-8-5-9-13-20/h4-15,18,29-30H,1-3H3. The van der Waals surface area contributed by atoms with Gasteiger partial charge in [0.1, 0.15) is 0 Å². The van der Waals surface area contributed by atoms with E-state index in [1.54, 1.807) is 0 Å². The Hall–Kier alpha value is -2.80. The van der Waals surface area contributed by atoms with E-state index in [0.717, 1.165) is 32.1 Å². The lowest BCUT2D eigenvalue weighted by molar-refractivity contribution is 0.121. The fourth-order valence-corrected chi connectivity index (χ4v) is 3.99. The number of rotatable bonds is 3. The molecule has 4 aromatic rings. The second-order valence-corrected chi connectivity index (χ2v) is 9.42. The maximum atomic E-state index is 12.3. The number of aromatic nitrogens is 1. The molecule has 0 radical (unpaired) electrons. The molecular weight excluding hydrogens is 434 g/mol. The second-order valence-electron chi connectivity index (χ2n) is 8.51. The predicted molar refractivity (Wildman–Crippen MR) is 127 cm³/mol. The molecule has 0 saturated heterocycles.